The Morgan fingerprint density at radius 1 is 1.53 bits per heavy atom. The maximum atomic E-state index is 12.8. The van der Waals surface area contributed by atoms with Gasteiger partial charge in [-0.25, -0.2) is 4.79 Å². The van der Waals surface area contributed by atoms with Gasteiger partial charge in [0.05, 0.1) is 0 Å². The lowest BCUT2D eigenvalue weighted by molar-refractivity contribution is -0.152. The molecule has 0 saturated heterocycles. The molecular weight excluding hydrogens is 292 g/mol. The third-order valence-electron chi connectivity index (χ3n) is 1.44. The average Bonchev–Trinajstić information content (AvgIpc) is 2.09. The molecule has 0 amide bonds. The van der Waals surface area contributed by atoms with Crippen LogP contribution in [0.2, 0.25) is 0 Å². The molecule has 0 atom stereocenters. The Bertz CT molecular complexity index is 400. The van der Waals surface area contributed by atoms with E-state index < -0.39 is 11.2 Å². The summed E-state index contributed by atoms with van der Waals surface area (Å²) in [7, 11) is 0. The van der Waals surface area contributed by atoms with Crippen LogP contribution in [0.5, 0.6) is 0 Å². The molecule has 82 valence electrons. The van der Waals surface area contributed by atoms with Gasteiger partial charge in [-0.1, -0.05) is 0 Å². The van der Waals surface area contributed by atoms with Gasteiger partial charge in [-0.05, 0) is 45.9 Å². The summed E-state index contributed by atoms with van der Waals surface area (Å²) in [4.78, 5) is 10.3. The van der Waals surface area contributed by atoms with E-state index in [4.69, 9.17) is 10.8 Å². The van der Waals surface area contributed by atoms with Gasteiger partial charge in [0.15, 0.2) is 0 Å². The minimum absolute atomic E-state index is 0.0460. The molecule has 0 unspecified atom stereocenters. The highest BCUT2D eigenvalue weighted by Crippen LogP contribution is 2.40. The van der Waals surface area contributed by atoms with Crippen LogP contribution >= 0.6 is 27.7 Å². The topological polar surface area (TPSA) is 63.3 Å². The number of hydrogen-bond acceptors (Lipinski definition) is 3. The summed E-state index contributed by atoms with van der Waals surface area (Å²) in [6, 6.07) is 4.19. The second-order valence-electron chi connectivity index (χ2n) is 2.61. The molecule has 1 rings (SSSR count). The van der Waals surface area contributed by atoms with Crippen LogP contribution in [0.3, 0.4) is 0 Å². The van der Waals surface area contributed by atoms with Crippen molar-refractivity contribution in [1.29, 1.82) is 0 Å². The first-order valence-corrected chi connectivity index (χ1v) is 5.29. The number of aliphatic carboxylic acids is 1. The summed E-state index contributed by atoms with van der Waals surface area (Å²) in [5, 5.41) is 4.39. The quantitative estimate of drug-likeness (QED) is 0.665. The number of rotatable bonds is 3. The van der Waals surface area contributed by atoms with E-state index in [-0.39, 0.29) is 16.7 Å². The Balaban J connectivity index is 2.95. The fourth-order valence-corrected chi connectivity index (χ4v) is 2.08. The summed E-state index contributed by atoms with van der Waals surface area (Å²) in [6.07, 6.45) is 0. The van der Waals surface area contributed by atoms with Crippen molar-refractivity contribution < 1.29 is 18.7 Å². The van der Waals surface area contributed by atoms with Crippen molar-refractivity contribution in [3.05, 3.63) is 22.7 Å². The zero-order chi connectivity index (χ0) is 11.6. The molecule has 3 N–H and O–H groups in total. The Kier molecular flexibility index (Phi) is 3.56. The summed E-state index contributed by atoms with van der Waals surface area (Å²) < 4.78 is 26.0. The molecule has 0 aliphatic heterocycles. The molecule has 0 aliphatic carbocycles. The highest BCUT2D eigenvalue weighted by atomic mass is 79.9. The standard InChI is InChI=1S/C8H6BrF2NO2S/c9-5-3-4(12)1-2-6(5)15-8(10,11)7(13)14/h1-3H,12H2,(H,13,14). The van der Waals surface area contributed by atoms with Crippen LogP contribution in [-0.2, 0) is 4.79 Å². The Morgan fingerprint density at radius 2 is 2.13 bits per heavy atom. The molecule has 0 bridgehead atoms. The van der Waals surface area contributed by atoms with Gasteiger partial charge in [0.2, 0.25) is 0 Å². The summed E-state index contributed by atoms with van der Waals surface area (Å²) in [5.41, 5.74) is 5.82. The normalized spacial score (nSPS) is 11.4. The number of hydrogen-bond donors (Lipinski definition) is 2. The second-order valence-corrected chi connectivity index (χ2v) is 4.62. The Labute approximate surface area is 96.8 Å². The van der Waals surface area contributed by atoms with Crippen LogP contribution in [0.4, 0.5) is 14.5 Å². The molecular formula is C8H6BrF2NO2S. The minimum atomic E-state index is -3.85. The third-order valence-corrected chi connectivity index (χ3v) is 3.37. The van der Waals surface area contributed by atoms with E-state index in [9.17, 15) is 13.6 Å². The summed E-state index contributed by atoms with van der Waals surface area (Å²) in [6.45, 7) is 0. The van der Waals surface area contributed by atoms with Gasteiger partial charge >= 0.3 is 11.2 Å². The van der Waals surface area contributed by atoms with E-state index in [1.165, 1.54) is 18.2 Å². The van der Waals surface area contributed by atoms with Crippen molar-refractivity contribution in [1.82, 2.24) is 0 Å². The van der Waals surface area contributed by atoms with Crippen molar-refractivity contribution >= 4 is 39.3 Å². The first kappa shape index (κ1) is 12.3. The third kappa shape index (κ3) is 3.07. The molecule has 0 aromatic heterocycles. The highest BCUT2D eigenvalue weighted by molar-refractivity contribution is 9.10. The van der Waals surface area contributed by atoms with Crippen molar-refractivity contribution in [2.75, 3.05) is 5.73 Å². The maximum absolute atomic E-state index is 12.8. The molecule has 3 nitrogen and oxygen atoms in total. The van der Waals surface area contributed by atoms with Crippen LogP contribution in [0.25, 0.3) is 0 Å². The number of carbonyl (C=O) groups is 1. The van der Waals surface area contributed by atoms with E-state index >= 15 is 0 Å². The van der Waals surface area contributed by atoms with E-state index in [2.05, 4.69) is 15.9 Å². The number of nitrogens with two attached hydrogens (primary N) is 1. The highest BCUT2D eigenvalue weighted by Gasteiger charge is 2.40. The van der Waals surface area contributed by atoms with E-state index in [1.54, 1.807) is 0 Å². The number of thioether (sulfide) groups is 1. The number of nitrogen functional groups attached to an aromatic ring is 1. The van der Waals surface area contributed by atoms with Crippen molar-refractivity contribution in [3.63, 3.8) is 0 Å². The molecule has 0 aliphatic rings. The Hall–Kier alpha value is -0.820. The van der Waals surface area contributed by atoms with Crippen LogP contribution in [0.15, 0.2) is 27.6 Å². The molecule has 0 spiro atoms. The predicted octanol–water partition coefficient (Wildman–Crippen LogP) is 2.80. The average molecular weight is 298 g/mol. The number of anilines is 1. The van der Waals surface area contributed by atoms with Crippen LogP contribution in [0, 0.1) is 0 Å². The smallest absolute Gasteiger partial charge is 0.393 e. The number of benzene rings is 1. The first-order chi connectivity index (χ1) is 6.83. The molecule has 15 heavy (non-hydrogen) atoms. The van der Waals surface area contributed by atoms with Crippen LogP contribution < -0.4 is 5.73 Å². The molecule has 0 radical (unpaired) electrons. The maximum Gasteiger partial charge on any atom is 0.393 e. The minimum Gasteiger partial charge on any atom is -0.476 e. The second kappa shape index (κ2) is 4.36. The molecule has 0 heterocycles. The van der Waals surface area contributed by atoms with Crippen LogP contribution in [-0.4, -0.2) is 16.3 Å². The number of alkyl halides is 2. The largest absolute Gasteiger partial charge is 0.476 e. The zero-order valence-electron chi connectivity index (χ0n) is 7.21. The summed E-state index contributed by atoms with van der Waals surface area (Å²) in [5.74, 6) is -2.17. The van der Waals surface area contributed by atoms with Gasteiger partial charge in [0.25, 0.3) is 0 Å². The Morgan fingerprint density at radius 3 is 2.60 bits per heavy atom. The van der Waals surface area contributed by atoms with E-state index in [1.807, 2.05) is 0 Å². The SMILES string of the molecule is Nc1ccc(SC(F)(F)C(=O)O)c(Br)c1. The van der Waals surface area contributed by atoms with Gasteiger partial charge in [-0.2, -0.15) is 8.78 Å². The lowest BCUT2D eigenvalue weighted by Gasteiger charge is -2.11. The lowest BCUT2D eigenvalue weighted by atomic mass is 10.3. The fraction of sp³-hybridized carbons (Fsp3) is 0.125. The summed E-state index contributed by atoms with van der Waals surface area (Å²) >= 11 is 2.98. The van der Waals surface area contributed by atoms with Gasteiger partial charge in [0, 0.05) is 15.1 Å². The van der Waals surface area contributed by atoms with Crippen molar-refractivity contribution in [2.45, 2.75) is 10.2 Å². The van der Waals surface area contributed by atoms with Crippen molar-refractivity contribution in [2.24, 2.45) is 0 Å². The number of carboxylic acid groups (broad SMARTS) is 1. The van der Waals surface area contributed by atoms with Crippen molar-refractivity contribution in [3.8, 4) is 0 Å². The molecule has 1 aromatic carbocycles. The predicted molar refractivity (Wildman–Crippen MR) is 57.0 cm³/mol. The first-order valence-electron chi connectivity index (χ1n) is 3.68. The van der Waals surface area contributed by atoms with Gasteiger partial charge < -0.3 is 10.8 Å². The monoisotopic (exact) mass is 297 g/mol. The number of carboxylic acids is 1. The van der Waals surface area contributed by atoms with Gasteiger partial charge in [-0.15, -0.1) is 0 Å². The molecule has 0 saturated carbocycles. The van der Waals surface area contributed by atoms with Gasteiger partial charge in [0.1, 0.15) is 0 Å². The fourth-order valence-electron chi connectivity index (χ4n) is 0.782. The lowest BCUT2D eigenvalue weighted by Crippen LogP contribution is -2.23. The molecule has 0 fully saturated rings. The molecule has 7 heteroatoms. The molecule has 1 aromatic rings. The van der Waals surface area contributed by atoms with Gasteiger partial charge in [-0.3, -0.25) is 0 Å². The number of halogens is 3. The zero-order valence-corrected chi connectivity index (χ0v) is 9.61. The van der Waals surface area contributed by atoms with E-state index in [0.717, 1.165) is 0 Å². The van der Waals surface area contributed by atoms with Crippen LogP contribution in [0.1, 0.15) is 0 Å². The van der Waals surface area contributed by atoms with E-state index in [0.29, 0.717) is 10.2 Å².